The van der Waals surface area contributed by atoms with Gasteiger partial charge in [0.25, 0.3) is 0 Å². The third-order valence-electron chi connectivity index (χ3n) is 1.73. The van der Waals surface area contributed by atoms with Gasteiger partial charge in [-0.2, -0.15) is 0 Å². The molecule has 0 atom stereocenters. The number of rotatable bonds is 0. The summed E-state index contributed by atoms with van der Waals surface area (Å²) in [6, 6.07) is 9.34. The van der Waals surface area contributed by atoms with E-state index in [1.54, 1.807) is 12.1 Å². The first-order valence-electron chi connectivity index (χ1n) is 4.72. The van der Waals surface area contributed by atoms with Gasteiger partial charge in [-0.1, -0.05) is 70.7 Å². The van der Waals surface area contributed by atoms with E-state index in [1.165, 1.54) is 24.3 Å². The maximum Gasteiger partial charge on any atom is 0.0408 e. The van der Waals surface area contributed by atoms with Gasteiger partial charge < -0.3 is 11.5 Å². The van der Waals surface area contributed by atoms with Gasteiger partial charge in [0.05, 0.1) is 0 Å². The predicted molar refractivity (Wildman–Crippen MR) is 80.9 cm³/mol. The summed E-state index contributed by atoms with van der Waals surface area (Å²) >= 11 is 22.2. The molecule has 1 radical (unpaired) electrons. The number of halogens is 4. The van der Waals surface area contributed by atoms with Crippen LogP contribution in [0.4, 0.5) is 11.4 Å². The molecule has 2 aromatic carbocycles. The normalized spacial score (nSPS) is 9.05. The van der Waals surface area contributed by atoms with Crippen LogP contribution in [0.25, 0.3) is 11.5 Å². The monoisotopic (exact) mass is 409 g/mol. The number of hydrogen-bond acceptors (Lipinski definition) is 0. The topological polar surface area (TPSA) is 47.6 Å². The summed E-state index contributed by atoms with van der Waals surface area (Å²) in [5.74, 6) is 0. The number of benzene rings is 2. The first-order chi connectivity index (χ1) is 8.36. The Kier molecular flexibility index (Phi) is 9.43. The maximum absolute atomic E-state index is 7.11. The summed E-state index contributed by atoms with van der Waals surface area (Å²) in [7, 11) is 0. The fourth-order valence-electron chi connectivity index (χ4n) is 1.11. The summed E-state index contributed by atoms with van der Waals surface area (Å²) in [5.41, 5.74) is 14.9. The Labute approximate surface area is 157 Å². The van der Waals surface area contributed by atoms with Crippen LogP contribution in [0.5, 0.6) is 0 Å². The van der Waals surface area contributed by atoms with Gasteiger partial charge in [-0.15, -0.1) is 11.4 Å². The van der Waals surface area contributed by atoms with Crippen molar-refractivity contribution in [2.45, 2.75) is 0 Å². The van der Waals surface area contributed by atoms with Crippen LogP contribution in [0.1, 0.15) is 0 Å². The molecule has 2 aromatic rings. The standard InChI is InChI=1S/2C6H4Cl2N.Y/c2*7-4-1-5(8)3-6(9)2-4;/h2*1-3,9H;/q2*-1;. The van der Waals surface area contributed by atoms with Gasteiger partial charge in [0.1, 0.15) is 0 Å². The van der Waals surface area contributed by atoms with E-state index in [9.17, 15) is 0 Å². The second-order valence-electron chi connectivity index (χ2n) is 3.32. The van der Waals surface area contributed by atoms with E-state index < -0.39 is 0 Å². The molecule has 0 aliphatic rings. The second-order valence-corrected chi connectivity index (χ2v) is 5.06. The van der Waals surface area contributed by atoms with E-state index in [1.807, 2.05) is 0 Å². The molecule has 0 bridgehead atoms. The second kappa shape index (κ2) is 9.28. The molecule has 2 nitrogen and oxygen atoms in total. The molecule has 0 fully saturated rings. The fraction of sp³-hybridized carbons (Fsp3) is 0. The van der Waals surface area contributed by atoms with Crippen molar-refractivity contribution in [1.29, 1.82) is 0 Å². The summed E-state index contributed by atoms with van der Waals surface area (Å²) in [6.07, 6.45) is 0. The van der Waals surface area contributed by atoms with Crippen molar-refractivity contribution >= 4 is 57.8 Å². The molecule has 2 N–H and O–H groups in total. The zero-order chi connectivity index (χ0) is 13.7. The minimum absolute atomic E-state index is 0. The van der Waals surface area contributed by atoms with Crippen molar-refractivity contribution in [3.8, 4) is 0 Å². The molecule has 7 heteroatoms. The molecule has 0 saturated carbocycles. The Balaban J connectivity index is 0.000000324. The van der Waals surface area contributed by atoms with Crippen LogP contribution in [0, 0.1) is 0 Å². The summed E-state index contributed by atoms with van der Waals surface area (Å²) < 4.78 is 0. The molecule has 99 valence electrons. The third kappa shape index (κ3) is 8.24. The molecule has 19 heavy (non-hydrogen) atoms. The van der Waals surface area contributed by atoms with Gasteiger partial charge in [0.2, 0.25) is 0 Å². The molecule has 0 aliphatic heterocycles. The van der Waals surface area contributed by atoms with E-state index in [0.717, 1.165) is 0 Å². The summed E-state index contributed by atoms with van der Waals surface area (Å²) in [5, 5.41) is 2.03. The quantitative estimate of drug-likeness (QED) is 0.435. The molecule has 0 spiro atoms. The van der Waals surface area contributed by atoms with Gasteiger partial charge in [0.15, 0.2) is 0 Å². The fourth-order valence-corrected chi connectivity index (χ4v) is 2.16. The molecule has 0 aliphatic carbocycles. The Morgan fingerprint density at radius 3 is 0.895 bits per heavy atom. The van der Waals surface area contributed by atoms with Crippen LogP contribution in [0.3, 0.4) is 0 Å². The van der Waals surface area contributed by atoms with E-state index in [2.05, 4.69) is 0 Å². The zero-order valence-electron chi connectivity index (χ0n) is 9.55. The molecular formula is C12H8Cl4N2Y-2. The largest absolute Gasteiger partial charge is 0.699 e. The van der Waals surface area contributed by atoms with Crippen LogP contribution in [0.15, 0.2) is 36.4 Å². The Morgan fingerprint density at radius 1 is 0.526 bits per heavy atom. The molecule has 0 saturated heterocycles. The maximum atomic E-state index is 7.11. The summed E-state index contributed by atoms with van der Waals surface area (Å²) in [4.78, 5) is 0. The Morgan fingerprint density at radius 2 is 0.737 bits per heavy atom. The van der Waals surface area contributed by atoms with Crippen LogP contribution in [-0.4, -0.2) is 0 Å². The van der Waals surface area contributed by atoms with Gasteiger partial charge >= 0.3 is 0 Å². The average molecular weight is 411 g/mol. The SMILES string of the molecule is [NH-]c1cc(Cl)cc(Cl)c1.[NH-]c1cc(Cl)cc(Cl)c1.[Y]. The number of hydrogen-bond donors (Lipinski definition) is 0. The molecule has 0 unspecified atom stereocenters. The van der Waals surface area contributed by atoms with Crippen molar-refractivity contribution in [3.63, 3.8) is 0 Å². The van der Waals surface area contributed by atoms with Crippen molar-refractivity contribution < 1.29 is 32.7 Å². The van der Waals surface area contributed by atoms with Crippen LogP contribution in [0.2, 0.25) is 20.1 Å². The molecule has 0 heterocycles. The average Bonchev–Trinajstić information content (AvgIpc) is 2.12. The first-order valence-corrected chi connectivity index (χ1v) is 6.23. The van der Waals surface area contributed by atoms with Crippen LogP contribution < -0.4 is 0 Å². The molecule has 0 amide bonds. The minimum atomic E-state index is 0. The van der Waals surface area contributed by atoms with Gasteiger partial charge in [-0.05, 0) is 12.1 Å². The molecule has 0 aromatic heterocycles. The van der Waals surface area contributed by atoms with Crippen molar-refractivity contribution in [2.24, 2.45) is 0 Å². The number of nitrogens with one attached hydrogen (secondary N) is 2. The van der Waals surface area contributed by atoms with Crippen molar-refractivity contribution in [2.75, 3.05) is 0 Å². The van der Waals surface area contributed by atoms with Crippen LogP contribution in [-0.2, 0) is 32.7 Å². The Bertz CT molecular complexity index is 399. The van der Waals surface area contributed by atoms with Crippen LogP contribution >= 0.6 is 46.4 Å². The van der Waals surface area contributed by atoms with E-state index in [-0.39, 0.29) is 32.7 Å². The minimum Gasteiger partial charge on any atom is -0.699 e. The van der Waals surface area contributed by atoms with Gasteiger partial charge in [-0.3, -0.25) is 0 Å². The first kappa shape index (κ1) is 19.3. The predicted octanol–water partition coefficient (Wildman–Crippen LogP) is 7.35. The zero-order valence-corrected chi connectivity index (χ0v) is 15.4. The van der Waals surface area contributed by atoms with E-state index in [0.29, 0.717) is 31.5 Å². The van der Waals surface area contributed by atoms with E-state index >= 15 is 0 Å². The smallest absolute Gasteiger partial charge is 0.0408 e. The van der Waals surface area contributed by atoms with Gasteiger partial charge in [0, 0.05) is 52.8 Å². The Hall–Kier alpha value is 0.304. The molecule has 2 rings (SSSR count). The summed E-state index contributed by atoms with van der Waals surface area (Å²) in [6.45, 7) is 0. The van der Waals surface area contributed by atoms with Gasteiger partial charge in [-0.25, -0.2) is 0 Å². The third-order valence-corrected chi connectivity index (χ3v) is 2.60. The van der Waals surface area contributed by atoms with Crippen molar-refractivity contribution in [1.82, 2.24) is 0 Å². The molecular weight excluding hydrogens is 403 g/mol. The van der Waals surface area contributed by atoms with E-state index in [4.69, 9.17) is 57.9 Å². The van der Waals surface area contributed by atoms with Crippen molar-refractivity contribution in [3.05, 3.63) is 68.0 Å².